The Hall–Kier alpha value is -1.02. The third kappa shape index (κ3) is 2.86. The van der Waals surface area contributed by atoms with Gasteiger partial charge in [0.1, 0.15) is 0 Å². The Morgan fingerprint density at radius 3 is 2.28 bits per heavy atom. The van der Waals surface area contributed by atoms with Crippen LogP contribution >= 0.6 is 0 Å². The third-order valence-electron chi connectivity index (χ3n) is 4.12. The summed E-state index contributed by atoms with van der Waals surface area (Å²) in [5.74, 6) is 0. The number of hydrogen-bond donors (Lipinski definition) is 1. The first-order valence-corrected chi connectivity index (χ1v) is 7.17. The fraction of sp³-hybridized carbons (Fsp3) is 0.625. The van der Waals surface area contributed by atoms with Crippen LogP contribution in [0.15, 0.2) is 24.3 Å². The molecule has 1 aliphatic rings. The SMILES string of the molecule is CCCN(CC1(c2ccc(N)cc2)CC1)C(C)C. The van der Waals surface area contributed by atoms with Gasteiger partial charge in [-0.2, -0.15) is 0 Å². The first-order valence-electron chi connectivity index (χ1n) is 7.17. The lowest BCUT2D eigenvalue weighted by atomic mass is 9.94. The zero-order valence-electron chi connectivity index (χ0n) is 11.9. The van der Waals surface area contributed by atoms with Gasteiger partial charge in [-0.05, 0) is 57.4 Å². The molecule has 0 bridgehead atoms. The maximum Gasteiger partial charge on any atom is 0.0314 e. The Labute approximate surface area is 111 Å². The molecule has 0 atom stereocenters. The highest BCUT2D eigenvalue weighted by molar-refractivity contribution is 5.43. The van der Waals surface area contributed by atoms with Gasteiger partial charge in [-0.1, -0.05) is 19.1 Å². The van der Waals surface area contributed by atoms with E-state index in [-0.39, 0.29) is 0 Å². The van der Waals surface area contributed by atoms with Gasteiger partial charge >= 0.3 is 0 Å². The van der Waals surface area contributed by atoms with E-state index in [2.05, 4.69) is 37.8 Å². The van der Waals surface area contributed by atoms with Gasteiger partial charge < -0.3 is 10.6 Å². The number of nitrogen functional groups attached to an aromatic ring is 1. The second-order valence-corrected chi connectivity index (χ2v) is 5.97. The molecule has 2 nitrogen and oxygen atoms in total. The summed E-state index contributed by atoms with van der Waals surface area (Å²) in [5.41, 5.74) is 8.52. The molecule has 0 aromatic heterocycles. The second kappa shape index (κ2) is 5.31. The van der Waals surface area contributed by atoms with Gasteiger partial charge in [-0.15, -0.1) is 0 Å². The van der Waals surface area contributed by atoms with Crippen LogP contribution in [0.5, 0.6) is 0 Å². The van der Waals surface area contributed by atoms with E-state index in [1.54, 1.807) is 0 Å². The van der Waals surface area contributed by atoms with Crippen LogP contribution in [0.3, 0.4) is 0 Å². The van der Waals surface area contributed by atoms with Crippen LogP contribution in [-0.2, 0) is 5.41 Å². The molecule has 0 spiro atoms. The molecule has 1 saturated carbocycles. The van der Waals surface area contributed by atoms with Gasteiger partial charge in [-0.3, -0.25) is 0 Å². The maximum atomic E-state index is 5.78. The maximum absolute atomic E-state index is 5.78. The average Bonchev–Trinajstić information content (AvgIpc) is 3.10. The molecular formula is C16H26N2. The highest BCUT2D eigenvalue weighted by Crippen LogP contribution is 2.49. The molecule has 1 fully saturated rings. The zero-order valence-corrected chi connectivity index (χ0v) is 11.9. The standard InChI is InChI=1S/C16H26N2/c1-4-11-18(13(2)3)12-16(9-10-16)14-5-7-15(17)8-6-14/h5-8,13H,4,9-12,17H2,1-3H3. The van der Waals surface area contributed by atoms with Gasteiger partial charge in [0, 0.05) is 23.7 Å². The van der Waals surface area contributed by atoms with Crippen LogP contribution in [0.1, 0.15) is 45.6 Å². The van der Waals surface area contributed by atoms with Crippen molar-refractivity contribution in [2.45, 2.75) is 51.5 Å². The highest BCUT2D eigenvalue weighted by Gasteiger charge is 2.45. The Balaban J connectivity index is 2.09. The molecule has 0 saturated heterocycles. The van der Waals surface area contributed by atoms with E-state index in [9.17, 15) is 0 Å². The fourth-order valence-corrected chi connectivity index (χ4v) is 2.72. The van der Waals surface area contributed by atoms with Crippen LogP contribution in [0.25, 0.3) is 0 Å². The van der Waals surface area contributed by atoms with Crippen molar-refractivity contribution in [3.8, 4) is 0 Å². The molecule has 0 aliphatic heterocycles. The predicted octanol–water partition coefficient (Wildman–Crippen LogP) is 3.42. The van der Waals surface area contributed by atoms with Crippen molar-refractivity contribution < 1.29 is 0 Å². The summed E-state index contributed by atoms with van der Waals surface area (Å²) >= 11 is 0. The van der Waals surface area contributed by atoms with Crippen molar-refractivity contribution >= 4 is 5.69 Å². The summed E-state index contributed by atoms with van der Waals surface area (Å²) in [6.45, 7) is 9.26. The molecule has 1 aromatic rings. The summed E-state index contributed by atoms with van der Waals surface area (Å²) in [6.07, 6.45) is 3.88. The second-order valence-electron chi connectivity index (χ2n) is 5.97. The Morgan fingerprint density at radius 2 is 1.83 bits per heavy atom. The number of benzene rings is 1. The molecule has 0 amide bonds. The lowest BCUT2D eigenvalue weighted by molar-refractivity contribution is 0.202. The van der Waals surface area contributed by atoms with Crippen molar-refractivity contribution in [2.24, 2.45) is 0 Å². The van der Waals surface area contributed by atoms with E-state index in [0.29, 0.717) is 11.5 Å². The number of nitrogens with two attached hydrogens (primary N) is 1. The smallest absolute Gasteiger partial charge is 0.0314 e. The van der Waals surface area contributed by atoms with E-state index in [1.807, 2.05) is 12.1 Å². The summed E-state index contributed by atoms with van der Waals surface area (Å²) in [7, 11) is 0. The minimum absolute atomic E-state index is 0.410. The number of rotatable bonds is 6. The van der Waals surface area contributed by atoms with Crippen molar-refractivity contribution in [3.63, 3.8) is 0 Å². The Bertz CT molecular complexity index is 377. The largest absolute Gasteiger partial charge is 0.399 e. The zero-order chi connectivity index (χ0) is 13.2. The number of hydrogen-bond acceptors (Lipinski definition) is 2. The Kier molecular flexibility index (Phi) is 3.96. The van der Waals surface area contributed by atoms with Crippen molar-refractivity contribution in [1.29, 1.82) is 0 Å². The molecule has 1 aromatic carbocycles. The molecule has 0 radical (unpaired) electrons. The monoisotopic (exact) mass is 246 g/mol. The number of nitrogens with zero attached hydrogens (tertiary/aromatic N) is 1. The van der Waals surface area contributed by atoms with E-state index in [1.165, 1.54) is 37.9 Å². The first-order chi connectivity index (χ1) is 8.57. The van der Waals surface area contributed by atoms with E-state index < -0.39 is 0 Å². The molecule has 0 unspecified atom stereocenters. The van der Waals surface area contributed by atoms with Crippen molar-refractivity contribution in [3.05, 3.63) is 29.8 Å². The average molecular weight is 246 g/mol. The van der Waals surface area contributed by atoms with Crippen molar-refractivity contribution in [1.82, 2.24) is 4.90 Å². The van der Waals surface area contributed by atoms with Gasteiger partial charge in [0.2, 0.25) is 0 Å². The predicted molar refractivity (Wildman–Crippen MR) is 78.8 cm³/mol. The summed E-state index contributed by atoms with van der Waals surface area (Å²) in [6, 6.07) is 9.14. The molecule has 2 heteroatoms. The molecule has 100 valence electrons. The van der Waals surface area contributed by atoms with Gasteiger partial charge in [0.25, 0.3) is 0 Å². The minimum atomic E-state index is 0.410. The number of anilines is 1. The molecule has 2 rings (SSSR count). The Morgan fingerprint density at radius 1 is 1.22 bits per heavy atom. The van der Waals surface area contributed by atoms with Gasteiger partial charge in [-0.25, -0.2) is 0 Å². The van der Waals surface area contributed by atoms with Gasteiger partial charge in [0.05, 0.1) is 0 Å². The fourth-order valence-electron chi connectivity index (χ4n) is 2.72. The third-order valence-corrected chi connectivity index (χ3v) is 4.12. The van der Waals surface area contributed by atoms with E-state index in [0.717, 1.165) is 5.69 Å². The minimum Gasteiger partial charge on any atom is -0.399 e. The van der Waals surface area contributed by atoms with E-state index >= 15 is 0 Å². The first kappa shape index (κ1) is 13.4. The molecule has 1 aliphatic carbocycles. The van der Waals surface area contributed by atoms with Gasteiger partial charge in [0.15, 0.2) is 0 Å². The lowest BCUT2D eigenvalue weighted by Gasteiger charge is -2.31. The van der Waals surface area contributed by atoms with E-state index in [4.69, 9.17) is 5.73 Å². The topological polar surface area (TPSA) is 29.3 Å². The molecule has 2 N–H and O–H groups in total. The molecule has 18 heavy (non-hydrogen) atoms. The summed E-state index contributed by atoms with van der Waals surface area (Å²) in [5, 5.41) is 0. The van der Waals surface area contributed by atoms with Crippen LogP contribution in [0, 0.1) is 0 Å². The lowest BCUT2D eigenvalue weighted by Crippen LogP contribution is -2.38. The van der Waals surface area contributed by atoms with Crippen LogP contribution in [-0.4, -0.2) is 24.0 Å². The molecular weight excluding hydrogens is 220 g/mol. The highest BCUT2D eigenvalue weighted by atomic mass is 15.2. The summed E-state index contributed by atoms with van der Waals surface area (Å²) in [4.78, 5) is 2.61. The molecule has 0 heterocycles. The van der Waals surface area contributed by atoms with Crippen LogP contribution < -0.4 is 5.73 Å². The van der Waals surface area contributed by atoms with Crippen LogP contribution in [0.2, 0.25) is 0 Å². The normalized spacial score (nSPS) is 17.4. The van der Waals surface area contributed by atoms with Crippen LogP contribution in [0.4, 0.5) is 5.69 Å². The quantitative estimate of drug-likeness (QED) is 0.779. The van der Waals surface area contributed by atoms with Crippen molar-refractivity contribution in [2.75, 3.05) is 18.8 Å². The summed E-state index contributed by atoms with van der Waals surface area (Å²) < 4.78 is 0.